The Hall–Kier alpha value is -2.82. The van der Waals surface area contributed by atoms with E-state index in [1.165, 1.54) is 0 Å². The largest absolute Gasteiger partial charge is 0.351 e. The third-order valence-corrected chi connectivity index (χ3v) is 3.30. The number of primary amides is 1. The zero-order valence-electron chi connectivity index (χ0n) is 12.4. The molecular formula is C17H19N3O2. The summed E-state index contributed by atoms with van der Waals surface area (Å²) in [6.45, 7) is 2.02. The first kappa shape index (κ1) is 15.6. The van der Waals surface area contributed by atoms with Gasteiger partial charge >= 0.3 is 6.03 Å². The van der Waals surface area contributed by atoms with Gasteiger partial charge in [-0.15, -0.1) is 0 Å². The van der Waals surface area contributed by atoms with E-state index in [-0.39, 0.29) is 11.8 Å². The number of amides is 3. The molecule has 1 atom stereocenters. The summed E-state index contributed by atoms with van der Waals surface area (Å²) in [6, 6.07) is 16.1. The van der Waals surface area contributed by atoms with Gasteiger partial charge in [0.15, 0.2) is 0 Å². The Labute approximate surface area is 129 Å². The minimum atomic E-state index is -0.617. The van der Waals surface area contributed by atoms with Crippen molar-refractivity contribution >= 4 is 23.3 Å². The first-order valence-electron chi connectivity index (χ1n) is 7.06. The van der Waals surface area contributed by atoms with E-state index in [9.17, 15) is 9.59 Å². The Bertz CT molecular complexity index is 639. The van der Waals surface area contributed by atoms with Crippen LogP contribution in [0, 0.1) is 0 Å². The molecule has 0 fully saturated rings. The Balaban J connectivity index is 1.90. The normalized spacial score (nSPS) is 11.5. The summed E-state index contributed by atoms with van der Waals surface area (Å²) >= 11 is 0. The molecular weight excluding hydrogens is 278 g/mol. The number of carbonyl (C=O) groups is 2. The zero-order valence-corrected chi connectivity index (χ0v) is 12.4. The molecule has 2 aromatic carbocycles. The van der Waals surface area contributed by atoms with Crippen molar-refractivity contribution in [2.75, 3.05) is 10.6 Å². The van der Waals surface area contributed by atoms with Crippen molar-refractivity contribution in [3.8, 4) is 0 Å². The molecule has 4 N–H and O–H groups in total. The van der Waals surface area contributed by atoms with Gasteiger partial charge in [-0.2, -0.15) is 0 Å². The highest BCUT2D eigenvalue weighted by Crippen LogP contribution is 2.20. The summed E-state index contributed by atoms with van der Waals surface area (Å²) in [4.78, 5) is 22.8. The van der Waals surface area contributed by atoms with Gasteiger partial charge in [0.1, 0.15) is 0 Å². The van der Waals surface area contributed by atoms with Crippen LogP contribution in [0.15, 0.2) is 54.6 Å². The lowest BCUT2D eigenvalue weighted by Gasteiger charge is -2.12. The van der Waals surface area contributed by atoms with Crippen LogP contribution in [0.25, 0.3) is 0 Å². The van der Waals surface area contributed by atoms with Crippen molar-refractivity contribution in [3.05, 3.63) is 60.2 Å². The molecule has 2 aromatic rings. The molecule has 0 bridgehead atoms. The van der Waals surface area contributed by atoms with Gasteiger partial charge in [-0.3, -0.25) is 4.79 Å². The van der Waals surface area contributed by atoms with Crippen LogP contribution in [-0.4, -0.2) is 11.9 Å². The van der Waals surface area contributed by atoms with Gasteiger partial charge in [0.25, 0.3) is 0 Å². The standard InChI is InChI=1S/C17H19N3O2/c1-12(13-5-3-2-4-6-13)11-16(21)19-14-7-9-15(10-8-14)20-17(18)22/h2-10,12H,11H2,1H3,(H,19,21)(H3,18,20,22). The second-order valence-corrected chi connectivity index (χ2v) is 5.13. The van der Waals surface area contributed by atoms with E-state index in [0.717, 1.165) is 5.56 Å². The maximum absolute atomic E-state index is 12.1. The molecule has 5 heteroatoms. The van der Waals surface area contributed by atoms with Gasteiger partial charge in [-0.05, 0) is 35.7 Å². The Kier molecular flexibility index (Phi) is 5.14. The fourth-order valence-corrected chi connectivity index (χ4v) is 2.17. The maximum Gasteiger partial charge on any atom is 0.316 e. The van der Waals surface area contributed by atoms with Crippen LogP contribution in [0.2, 0.25) is 0 Å². The predicted molar refractivity (Wildman–Crippen MR) is 87.8 cm³/mol. The monoisotopic (exact) mass is 297 g/mol. The fraction of sp³-hybridized carbons (Fsp3) is 0.176. The lowest BCUT2D eigenvalue weighted by molar-refractivity contribution is -0.116. The molecule has 0 saturated heterocycles. The third-order valence-electron chi connectivity index (χ3n) is 3.30. The van der Waals surface area contributed by atoms with Gasteiger partial charge in [0.2, 0.25) is 5.91 Å². The summed E-state index contributed by atoms with van der Waals surface area (Å²) in [6.07, 6.45) is 0.408. The molecule has 2 rings (SSSR count). The maximum atomic E-state index is 12.1. The van der Waals surface area contributed by atoms with Crippen LogP contribution in [-0.2, 0) is 4.79 Å². The van der Waals surface area contributed by atoms with Gasteiger partial charge in [-0.1, -0.05) is 37.3 Å². The summed E-state index contributed by atoms with van der Waals surface area (Å²) in [7, 11) is 0. The number of nitrogens with one attached hydrogen (secondary N) is 2. The third kappa shape index (κ3) is 4.63. The average Bonchev–Trinajstić information content (AvgIpc) is 2.49. The molecule has 0 aliphatic carbocycles. The van der Waals surface area contributed by atoms with Crippen LogP contribution < -0.4 is 16.4 Å². The smallest absolute Gasteiger partial charge is 0.316 e. The predicted octanol–water partition coefficient (Wildman–Crippen LogP) is 3.31. The van der Waals surface area contributed by atoms with Crippen molar-refractivity contribution in [3.63, 3.8) is 0 Å². The minimum absolute atomic E-state index is 0.0491. The highest BCUT2D eigenvalue weighted by atomic mass is 16.2. The van der Waals surface area contributed by atoms with E-state index in [0.29, 0.717) is 17.8 Å². The van der Waals surface area contributed by atoms with E-state index in [1.807, 2.05) is 37.3 Å². The number of urea groups is 1. The van der Waals surface area contributed by atoms with E-state index in [1.54, 1.807) is 24.3 Å². The average molecular weight is 297 g/mol. The molecule has 0 radical (unpaired) electrons. The van der Waals surface area contributed by atoms with Gasteiger partial charge in [0.05, 0.1) is 0 Å². The molecule has 3 amide bonds. The van der Waals surface area contributed by atoms with E-state index in [2.05, 4.69) is 10.6 Å². The lowest BCUT2D eigenvalue weighted by atomic mass is 9.97. The van der Waals surface area contributed by atoms with Crippen molar-refractivity contribution in [1.29, 1.82) is 0 Å². The number of anilines is 2. The number of benzene rings is 2. The summed E-state index contributed by atoms with van der Waals surface area (Å²) < 4.78 is 0. The van der Waals surface area contributed by atoms with E-state index < -0.39 is 6.03 Å². The van der Waals surface area contributed by atoms with Crippen LogP contribution in [0.1, 0.15) is 24.8 Å². The fourth-order valence-electron chi connectivity index (χ4n) is 2.17. The molecule has 0 saturated carbocycles. The molecule has 0 aromatic heterocycles. The second kappa shape index (κ2) is 7.26. The summed E-state index contributed by atoms with van der Waals surface area (Å²) in [5.74, 6) is 0.101. The Morgan fingerprint density at radius 2 is 1.50 bits per heavy atom. The van der Waals surface area contributed by atoms with Crippen molar-refractivity contribution in [2.24, 2.45) is 5.73 Å². The number of rotatable bonds is 5. The molecule has 22 heavy (non-hydrogen) atoms. The highest BCUT2D eigenvalue weighted by Gasteiger charge is 2.11. The summed E-state index contributed by atoms with van der Waals surface area (Å²) in [5.41, 5.74) is 7.44. The molecule has 0 spiro atoms. The van der Waals surface area contributed by atoms with Crippen LogP contribution in [0.5, 0.6) is 0 Å². The Morgan fingerprint density at radius 3 is 2.05 bits per heavy atom. The topological polar surface area (TPSA) is 84.2 Å². The van der Waals surface area contributed by atoms with Crippen molar-refractivity contribution in [1.82, 2.24) is 0 Å². The molecule has 1 unspecified atom stereocenters. The minimum Gasteiger partial charge on any atom is -0.351 e. The second-order valence-electron chi connectivity index (χ2n) is 5.13. The SMILES string of the molecule is CC(CC(=O)Nc1ccc(NC(N)=O)cc1)c1ccccc1. The lowest BCUT2D eigenvalue weighted by Crippen LogP contribution is -2.19. The van der Waals surface area contributed by atoms with Gasteiger partial charge in [-0.25, -0.2) is 4.79 Å². The molecule has 0 heterocycles. The van der Waals surface area contributed by atoms with Crippen LogP contribution in [0.4, 0.5) is 16.2 Å². The van der Waals surface area contributed by atoms with Crippen LogP contribution >= 0.6 is 0 Å². The van der Waals surface area contributed by atoms with Gasteiger partial charge < -0.3 is 16.4 Å². The van der Waals surface area contributed by atoms with Crippen molar-refractivity contribution in [2.45, 2.75) is 19.3 Å². The molecule has 0 aliphatic rings. The molecule has 114 valence electrons. The Morgan fingerprint density at radius 1 is 0.955 bits per heavy atom. The first-order chi connectivity index (χ1) is 10.5. The number of hydrogen-bond donors (Lipinski definition) is 3. The van der Waals surface area contributed by atoms with Crippen molar-refractivity contribution < 1.29 is 9.59 Å². The van der Waals surface area contributed by atoms with E-state index >= 15 is 0 Å². The first-order valence-corrected chi connectivity index (χ1v) is 7.06. The molecule has 5 nitrogen and oxygen atoms in total. The highest BCUT2D eigenvalue weighted by molar-refractivity contribution is 5.92. The van der Waals surface area contributed by atoms with Gasteiger partial charge in [0, 0.05) is 17.8 Å². The number of carbonyl (C=O) groups excluding carboxylic acids is 2. The zero-order chi connectivity index (χ0) is 15.9. The summed E-state index contributed by atoms with van der Waals surface area (Å²) in [5, 5.41) is 5.31. The molecule has 0 aliphatic heterocycles. The van der Waals surface area contributed by atoms with E-state index in [4.69, 9.17) is 5.73 Å². The van der Waals surface area contributed by atoms with Crippen LogP contribution in [0.3, 0.4) is 0 Å². The number of nitrogens with two attached hydrogens (primary N) is 1. The number of hydrogen-bond acceptors (Lipinski definition) is 2. The quantitative estimate of drug-likeness (QED) is 0.791.